The van der Waals surface area contributed by atoms with E-state index in [1.54, 1.807) is 6.07 Å². The Hall–Kier alpha value is -3.55. The summed E-state index contributed by atoms with van der Waals surface area (Å²) >= 11 is 0. The Morgan fingerprint density at radius 2 is 1.85 bits per heavy atom. The summed E-state index contributed by atoms with van der Waals surface area (Å²) in [7, 11) is 0. The molecule has 0 saturated carbocycles. The normalized spacial score (nSPS) is 10.7. The van der Waals surface area contributed by atoms with Gasteiger partial charge in [0.2, 0.25) is 0 Å². The molecular formula is C19H19N3O5. The zero-order chi connectivity index (χ0) is 19.2. The van der Waals surface area contributed by atoms with E-state index in [1.165, 1.54) is 17.7 Å². The lowest BCUT2D eigenvalue weighted by Gasteiger charge is -2.05. The van der Waals surface area contributed by atoms with Crippen LogP contribution in [0.15, 0.2) is 53.3 Å². The van der Waals surface area contributed by atoms with Crippen molar-refractivity contribution in [2.75, 3.05) is 6.54 Å². The summed E-state index contributed by atoms with van der Waals surface area (Å²) in [5, 5.41) is 14.1. The number of hydrogen-bond acceptors (Lipinski definition) is 4. The van der Waals surface area contributed by atoms with Gasteiger partial charge in [0.1, 0.15) is 11.1 Å². The fourth-order valence-corrected chi connectivity index (χ4v) is 2.82. The van der Waals surface area contributed by atoms with Crippen LogP contribution in [0.25, 0.3) is 10.9 Å². The van der Waals surface area contributed by atoms with Gasteiger partial charge >= 0.3 is 12.2 Å². The smallest absolute Gasteiger partial charge is 0.449 e. The number of nitrogens with zero attached hydrogens (tertiary/aromatic N) is 1. The van der Waals surface area contributed by atoms with E-state index < -0.39 is 17.7 Å². The molecule has 140 valence electrons. The van der Waals surface area contributed by atoms with Crippen molar-refractivity contribution in [1.82, 2.24) is 15.1 Å². The van der Waals surface area contributed by atoms with Crippen LogP contribution in [-0.2, 0) is 6.42 Å². The highest BCUT2D eigenvalue weighted by molar-refractivity contribution is 5.89. The van der Waals surface area contributed by atoms with Crippen LogP contribution in [0.2, 0.25) is 0 Å². The number of carboxylic acid groups (broad SMARTS) is 1. The molecule has 27 heavy (non-hydrogen) atoms. The van der Waals surface area contributed by atoms with Crippen molar-refractivity contribution < 1.29 is 19.4 Å². The minimum Gasteiger partial charge on any atom is -0.449 e. The maximum atomic E-state index is 12.4. The van der Waals surface area contributed by atoms with Gasteiger partial charge in [-0.1, -0.05) is 36.4 Å². The second-order valence-electron chi connectivity index (χ2n) is 5.97. The molecule has 0 saturated heterocycles. The molecule has 3 N–H and O–H groups in total. The molecule has 1 aromatic heterocycles. The number of carbonyl (C=O) groups is 2. The molecule has 8 heteroatoms. The van der Waals surface area contributed by atoms with E-state index in [9.17, 15) is 14.4 Å². The third-order valence-electron chi connectivity index (χ3n) is 4.09. The molecule has 0 aliphatic rings. The zero-order valence-corrected chi connectivity index (χ0v) is 14.5. The summed E-state index contributed by atoms with van der Waals surface area (Å²) in [6, 6.07) is 13.9. The first kappa shape index (κ1) is 18.2. The average Bonchev–Trinajstić information content (AvgIpc) is 2.99. The molecule has 2 aromatic carbocycles. The number of aromatic nitrogens is 2. The number of carbonyl (C=O) groups excluding carboxylic acids is 1. The molecule has 1 heterocycles. The van der Waals surface area contributed by atoms with Crippen molar-refractivity contribution in [3.8, 4) is 5.75 Å². The van der Waals surface area contributed by atoms with Gasteiger partial charge in [-0.15, -0.1) is 0 Å². The van der Waals surface area contributed by atoms with Gasteiger partial charge in [-0.25, -0.2) is 9.59 Å². The van der Waals surface area contributed by atoms with Gasteiger partial charge in [0, 0.05) is 6.54 Å². The van der Waals surface area contributed by atoms with Crippen LogP contribution in [0.1, 0.15) is 18.4 Å². The Bertz CT molecular complexity index is 1010. The number of aromatic amines is 1. The quantitative estimate of drug-likeness (QED) is 0.351. The van der Waals surface area contributed by atoms with Gasteiger partial charge in [0.15, 0.2) is 0 Å². The highest BCUT2D eigenvalue weighted by Crippen LogP contribution is 2.21. The number of hydrogen-bond donors (Lipinski definition) is 3. The van der Waals surface area contributed by atoms with Crippen molar-refractivity contribution in [2.45, 2.75) is 19.3 Å². The van der Waals surface area contributed by atoms with Crippen LogP contribution in [0, 0.1) is 0 Å². The molecule has 3 aromatic rings. The molecule has 0 radical (unpaired) electrons. The fourth-order valence-electron chi connectivity index (χ4n) is 2.82. The maximum absolute atomic E-state index is 12.4. The van der Waals surface area contributed by atoms with Crippen LogP contribution in [0.4, 0.5) is 9.59 Å². The summed E-state index contributed by atoms with van der Waals surface area (Å²) in [5.41, 5.74) is 0.892. The molecule has 0 aliphatic heterocycles. The summed E-state index contributed by atoms with van der Waals surface area (Å²) in [6.45, 7) is 0.423. The summed E-state index contributed by atoms with van der Waals surface area (Å²) in [6.07, 6.45) is 1.06. The summed E-state index contributed by atoms with van der Waals surface area (Å²) in [4.78, 5) is 35.5. The first-order chi connectivity index (χ1) is 13.1. The Labute approximate surface area is 154 Å². The minimum absolute atomic E-state index is 0.0131. The number of benzene rings is 2. The van der Waals surface area contributed by atoms with Crippen LogP contribution >= 0.6 is 0 Å². The largest absolute Gasteiger partial charge is 0.511 e. The van der Waals surface area contributed by atoms with Crippen LogP contribution in [-0.4, -0.2) is 33.6 Å². The number of unbranched alkanes of at least 4 members (excludes halogenated alkanes) is 1. The predicted octanol–water partition coefficient (Wildman–Crippen LogP) is 2.97. The van der Waals surface area contributed by atoms with Crippen molar-refractivity contribution in [3.63, 3.8) is 0 Å². The molecule has 8 nitrogen and oxygen atoms in total. The Kier molecular flexibility index (Phi) is 5.55. The number of aryl methyl sites for hydroxylation is 1. The summed E-state index contributed by atoms with van der Waals surface area (Å²) < 4.78 is 5.42. The van der Waals surface area contributed by atoms with Crippen molar-refractivity contribution in [1.29, 1.82) is 0 Å². The lowest BCUT2D eigenvalue weighted by Crippen LogP contribution is -2.36. The molecule has 0 aliphatic carbocycles. The Morgan fingerprint density at radius 1 is 1.07 bits per heavy atom. The zero-order valence-electron chi connectivity index (χ0n) is 14.5. The van der Waals surface area contributed by atoms with E-state index in [-0.39, 0.29) is 11.1 Å². The van der Waals surface area contributed by atoms with Crippen LogP contribution in [0.5, 0.6) is 5.75 Å². The van der Waals surface area contributed by atoms with Gasteiger partial charge in [0.25, 0.3) is 5.56 Å². The average molecular weight is 369 g/mol. The lowest BCUT2D eigenvalue weighted by molar-refractivity contribution is 0.145. The van der Waals surface area contributed by atoms with Gasteiger partial charge in [0.05, 0.1) is 5.52 Å². The van der Waals surface area contributed by atoms with Gasteiger partial charge in [-0.2, -0.15) is 4.68 Å². The number of amides is 1. The SMILES string of the molecule is O=C(O)Oc1cccc2[nH]n(C(=O)NCCCCc3ccccc3)c(=O)c12. The first-order valence-electron chi connectivity index (χ1n) is 8.53. The first-order valence-corrected chi connectivity index (χ1v) is 8.53. The highest BCUT2D eigenvalue weighted by atomic mass is 16.7. The number of ether oxygens (including phenoxy) is 1. The van der Waals surface area contributed by atoms with E-state index in [0.717, 1.165) is 23.9 Å². The van der Waals surface area contributed by atoms with Gasteiger partial charge in [-0.3, -0.25) is 9.89 Å². The van der Waals surface area contributed by atoms with Gasteiger partial charge in [-0.05, 0) is 37.0 Å². The van der Waals surface area contributed by atoms with Crippen molar-refractivity contribution in [2.24, 2.45) is 0 Å². The Balaban J connectivity index is 1.61. The molecule has 0 fully saturated rings. The van der Waals surface area contributed by atoms with E-state index in [0.29, 0.717) is 12.1 Å². The molecule has 0 bridgehead atoms. The number of H-pyrrole nitrogens is 1. The lowest BCUT2D eigenvalue weighted by atomic mass is 10.1. The van der Waals surface area contributed by atoms with E-state index >= 15 is 0 Å². The minimum atomic E-state index is -1.53. The standard InChI is InChI=1S/C19H19N3O5/c23-17-16-14(10-6-11-15(16)27-19(25)26)21-22(17)18(24)20-12-5-4-9-13-7-2-1-3-8-13/h1-3,6-8,10-11,21H,4-5,9,12H2,(H,20,24)(H,25,26). The molecule has 0 spiro atoms. The number of rotatable bonds is 6. The molecule has 0 atom stereocenters. The van der Waals surface area contributed by atoms with E-state index in [4.69, 9.17) is 5.11 Å². The molecule has 1 amide bonds. The topological polar surface area (TPSA) is 113 Å². The van der Waals surface area contributed by atoms with Crippen molar-refractivity contribution >= 4 is 23.1 Å². The molecule has 0 unspecified atom stereocenters. The third-order valence-corrected chi connectivity index (χ3v) is 4.09. The second kappa shape index (κ2) is 8.22. The predicted molar refractivity (Wildman–Crippen MR) is 99.4 cm³/mol. The maximum Gasteiger partial charge on any atom is 0.511 e. The molecular weight excluding hydrogens is 350 g/mol. The third kappa shape index (κ3) is 4.35. The van der Waals surface area contributed by atoms with E-state index in [1.807, 2.05) is 18.2 Å². The van der Waals surface area contributed by atoms with Gasteiger partial charge < -0.3 is 15.2 Å². The van der Waals surface area contributed by atoms with Crippen molar-refractivity contribution in [3.05, 3.63) is 64.4 Å². The number of fused-ring (bicyclic) bond motifs is 1. The second-order valence-corrected chi connectivity index (χ2v) is 5.97. The van der Waals surface area contributed by atoms with Crippen LogP contribution in [0.3, 0.4) is 0 Å². The number of nitrogens with one attached hydrogen (secondary N) is 2. The monoisotopic (exact) mass is 369 g/mol. The highest BCUT2D eigenvalue weighted by Gasteiger charge is 2.17. The molecule has 3 rings (SSSR count). The van der Waals surface area contributed by atoms with Crippen LogP contribution < -0.4 is 15.6 Å². The van der Waals surface area contributed by atoms with E-state index in [2.05, 4.69) is 27.3 Å². The Morgan fingerprint density at radius 3 is 2.59 bits per heavy atom. The summed E-state index contributed by atoms with van der Waals surface area (Å²) in [5.74, 6) is -0.115. The fraction of sp³-hybridized carbons (Fsp3) is 0.211.